The fourth-order valence-electron chi connectivity index (χ4n) is 3.52. The summed E-state index contributed by atoms with van der Waals surface area (Å²) >= 11 is 8.56. The van der Waals surface area contributed by atoms with E-state index in [0.717, 1.165) is 17.2 Å². The van der Waals surface area contributed by atoms with Gasteiger partial charge in [-0.3, -0.25) is 25.8 Å². The van der Waals surface area contributed by atoms with Crippen molar-refractivity contribution in [1.29, 1.82) is 0 Å². The Bertz CT molecular complexity index is 1410. The Morgan fingerprint density at radius 3 is 2.38 bits per heavy atom. The first kappa shape index (κ1) is 26.1. The molecule has 0 aliphatic rings. The third kappa shape index (κ3) is 7.52. The van der Waals surface area contributed by atoms with E-state index in [1.165, 1.54) is 5.56 Å². The molecule has 0 aromatic heterocycles. The molecule has 0 aliphatic carbocycles. The van der Waals surface area contributed by atoms with E-state index in [4.69, 9.17) is 21.7 Å². The molecule has 0 fully saturated rings. The van der Waals surface area contributed by atoms with Gasteiger partial charge in [-0.05, 0) is 63.4 Å². The van der Waals surface area contributed by atoms with Crippen LogP contribution in [0.25, 0.3) is 10.8 Å². The van der Waals surface area contributed by atoms with Crippen LogP contribution in [0.1, 0.15) is 15.9 Å². The van der Waals surface area contributed by atoms with Gasteiger partial charge in [-0.1, -0.05) is 66.7 Å². The van der Waals surface area contributed by atoms with Crippen LogP contribution in [-0.2, 0) is 11.2 Å². The smallest absolute Gasteiger partial charge is 0.276 e. The van der Waals surface area contributed by atoms with Crippen LogP contribution >= 0.6 is 28.1 Å². The Kier molecular flexibility index (Phi) is 9.07. The number of nitrogens with one attached hydrogen (secondary N) is 3. The lowest BCUT2D eigenvalue weighted by Crippen LogP contribution is -2.49. The number of benzene rings is 4. The normalized spacial score (nSPS) is 10.4. The summed E-state index contributed by atoms with van der Waals surface area (Å²) in [6.07, 6.45) is 0.772. The van der Waals surface area contributed by atoms with Gasteiger partial charge in [0.25, 0.3) is 11.8 Å². The fraction of sp³-hybridized carbons (Fsp3) is 0.107. The van der Waals surface area contributed by atoms with Gasteiger partial charge in [-0.15, -0.1) is 0 Å². The minimum Gasteiger partial charge on any atom is -0.492 e. The molecule has 0 spiro atoms. The van der Waals surface area contributed by atoms with Gasteiger partial charge in [0, 0.05) is 17.4 Å². The van der Waals surface area contributed by atoms with Gasteiger partial charge in [0.1, 0.15) is 11.5 Å². The van der Waals surface area contributed by atoms with Gasteiger partial charge >= 0.3 is 0 Å². The maximum absolute atomic E-state index is 12.6. The van der Waals surface area contributed by atoms with Gasteiger partial charge in [-0.25, -0.2) is 0 Å². The van der Waals surface area contributed by atoms with Crippen LogP contribution in [-0.4, -0.2) is 30.1 Å². The van der Waals surface area contributed by atoms with Crippen molar-refractivity contribution in [2.45, 2.75) is 6.42 Å². The Labute approximate surface area is 228 Å². The second kappa shape index (κ2) is 12.8. The molecule has 37 heavy (non-hydrogen) atoms. The molecule has 3 N–H and O–H groups in total. The van der Waals surface area contributed by atoms with Crippen molar-refractivity contribution in [2.75, 3.05) is 13.2 Å². The summed E-state index contributed by atoms with van der Waals surface area (Å²) < 4.78 is 12.1. The fourth-order valence-corrected chi connectivity index (χ4v) is 4.15. The zero-order chi connectivity index (χ0) is 26.0. The van der Waals surface area contributed by atoms with Gasteiger partial charge in [0.05, 0.1) is 11.1 Å². The number of halogens is 1. The van der Waals surface area contributed by atoms with Crippen molar-refractivity contribution in [3.8, 4) is 11.5 Å². The van der Waals surface area contributed by atoms with Crippen molar-refractivity contribution < 1.29 is 19.1 Å². The summed E-state index contributed by atoms with van der Waals surface area (Å²) in [4.78, 5) is 24.7. The number of carbonyl (C=O) groups is 2. The summed E-state index contributed by atoms with van der Waals surface area (Å²) in [5.74, 6) is 0.341. The third-order valence-electron chi connectivity index (χ3n) is 5.34. The number of fused-ring (bicyclic) bond motifs is 1. The maximum Gasteiger partial charge on any atom is 0.276 e. The van der Waals surface area contributed by atoms with Gasteiger partial charge in [0.2, 0.25) is 0 Å². The summed E-state index contributed by atoms with van der Waals surface area (Å²) in [6, 6.07) is 28.4. The van der Waals surface area contributed by atoms with Crippen LogP contribution in [0.5, 0.6) is 11.5 Å². The first-order chi connectivity index (χ1) is 18.0. The van der Waals surface area contributed by atoms with E-state index < -0.39 is 11.8 Å². The standard InChI is InChI=1S/C28H24BrN3O4S/c29-23-17-21(13-14-25(23)35-16-15-19-7-2-1-3-8-19)27(34)30-28(37)32-31-26(33)18-36-24-12-6-10-20-9-4-5-11-22(20)24/h1-14,17H,15-16,18H2,(H,31,33)(H2,30,32,34,37). The van der Waals surface area contributed by atoms with Gasteiger partial charge in [0.15, 0.2) is 11.7 Å². The molecule has 0 aliphatic heterocycles. The molecule has 7 nitrogen and oxygen atoms in total. The van der Waals surface area contributed by atoms with E-state index in [2.05, 4.69) is 32.1 Å². The molecular weight excluding hydrogens is 554 g/mol. The van der Waals surface area contributed by atoms with Crippen LogP contribution in [0.3, 0.4) is 0 Å². The molecule has 2 amide bonds. The predicted octanol–water partition coefficient (Wildman–Crippen LogP) is 4.94. The van der Waals surface area contributed by atoms with Crippen molar-refractivity contribution in [1.82, 2.24) is 16.2 Å². The molecule has 0 bridgehead atoms. The highest BCUT2D eigenvalue weighted by atomic mass is 79.9. The largest absolute Gasteiger partial charge is 0.492 e. The summed E-state index contributed by atoms with van der Waals surface area (Å²) in [7, 11) is 0. The van der Waals surface area contributed by atoms with Crippen LogP contribution in [0.4, 0.5) is 0 Å². The van der Waals surface area contributed by atoms with E-state index in [1.54, 1.807) is 24.3 Å². The highest BCUT2D eigenvalue weighted by Crippen LogP contribution is 2.26. The number of rotatable bonds is 8. The molecule has 0 saturated heterocycles. The van der Waals surface area contributed by atoms with E-state index in [1.807, 2.05) is 66.7 Å². The maximum atomic E-state index is 12.6. The molecule has 9 heteroatoms. The van der Waals surface area contributed by atoms with Crippen LogP contribution < -0.4 is 25.6 Å². The van der Waals surface area contributed by atoms with Gasteiger partial charge in [-0.2, -0.15) is 0 Å². The van der Waals surface area contributed by atoms with Crippen LogP contribution in [0.15, 0.2) is 95.5 Å². The third-order valence-corrected chi connectivity index (χ3v) is 6.16. The summed E-state index contributed by atoms with van der Waals surface area (Å²) in [6.45, 7) is 0.280. The molecule has 4 aromatic carbocycles. The van der Waals surface area contributed by atoms with Crippen molar-refractivity contribution in [3.63, 3.8) is 0 Å². The summed E-state index contributed by atoms with van der Waals surface area (Å²) in [5, 5.41) is 4.40. The lowest BCUT2D eigenvalue weighted by molar-refractivity contribution is -0.123. The predicted molar refractivity (Wildman–Crippen MR) is 151 cm³/mol. The topological polar surface area (TPSA) is 88.7 Å². The molecule has 0 saturated carbocycles. The molecule has 0 radical (unpaired) electrons. The second-order valence-corrected chi connectivity index (χ2v) is 9.21. The number of hydrogen-bond acceptors (Lipinski definition) is 5. The van der Waals surface area contributed by atoms with E-state index in [-0.39, 0.29) is 11.7 Å². The first-order valence-corrected chi connectivity index (χ1v) is 12.7. The highest BCUT2D eigenvalue weighted by Gasteiger charge is 2.12. The zero-order valence-corrected chi connectivity index (χ0v) is 22.1. The molecular formula is C28H24BrN3O4S. The highest BCUT2D eigenvalue weighted by molar-refractivity contribution is 9.10. The molecule has 0 atom stereocenters. The van der Waals surface area contributed by atoms with Crippen LogP contribution in [0, 0.1) is 0 Å². The Morgan fingerprint density at radius 2 is 1.57 bits per heavy atom. The second-order valence-electron chi connectivity index (χ2n) is 7.95. The average Bonchev–Trinajstić information content (AvgIpc) is 2.92. The van der Waals surface area contributed by atoms with Crippen molar-refractivity contribution in [3.05, 3.63) is 107 Å². The number of ether oxygens (including phenoxy) is 2. The Balaban J connectivity index is 1.21. The number of amides is 2. The zero-order valence-electron chi connectivity index (χ0n) is 19.7. The molecule has 4 rings (SSSR count). The molecule has 4 aromatic rings. The number of hydrogen-bond donors (Lipinski definition) is 3. The summed E-state index contributed by atoms with van der Waals surface area (Å²) in [5.41, 5.74) is 6.48. The monoisotopic (exact) mass is 577 g/mol. The minimum atomic E-state index is -0.454. The molecule has 0 unspecified atom stereocenters. The van der Waals surface area contributed by atoms with E-state index in [9.17, 15) is 9.59 Å². The number of hydrazine groups is 1. The minimum absolute atomic E-state index is 0.0529. The molecule has 188 valence electrons. The average molecular weight is 578 g/mol. The number of thiocarbonyl (C=S) groups is 1. The number of carbonyl (C=O) groups excluding carboxylic acids is 2. The van der Waals surface area contributed by atoms with Gasteiger partial charge < -0.3 is 9.47 Å². The SMILES string of the molecule is O=C(COc1cccc2ccccc12)NNC(=S)NC(=O)c1ccc(OCCc2ccccc2)c(Br)c1. The van der Waals surface area contributed by atoms with Crippen LogP contribution in [0.2, 0.25) is 0 Å². The Hall–Kier alpha value is -3.95. The lowest BCUT2D eigenvalue weighted by Gasteiger charge is -2.13. The first-order valence-electron chi connectivity index (χ1n) is 11.5. The quantitative estimate of drug-likeness (QED) is 0.203. The van der Waals surface area contributed by atoms with Crippen molar-refractivity contribution in [2.24, 2.45) is 0 Å². The molecule has 0 heterocycles. The Morgan fingerprint density at radius 1 is 0.811 bits per heavy atom. The van der Waals surface area contributed by atoms with E-state index in [0.29, 0.717) is 28.1 Å². The van der Waals surface area contributed by atoms with E-state index >= 15 is 0 Å². The lowest BCUT2D eigenvalue weighted by atomic mass is 10.1. The van der Waals surface area contributed by atoms with Crippen molar-refractivity contribution >= 4 is 55.8 Å².